The van der Waals surface area contributed by atoms with Crippen LogP contribution in [0.15, 0.2) is 17.7 Å². The van der Waals surface area contributed by atoms with Crippen molar-refractivity contribution in [3.8, 4) is 0 Å². The molecule has 1 aliphatic carbocycles. The van der Waals surface area contributed by atoms with E-state index in [1.54, 1.807) is 18.0 Å². The Hall–Kier alpha value is -1.14. The van der Waals surface area contributed by atoms with Crippen molar-refractivity contribution in [2.24, 2.45) is 5.92 Å². The number of fused-ring (bicyclic) bond motifs is 1. The number of nitrogens with one attached hydrogen (secondary N) is 1. The van der Waals surface area contributed by atoms with Crippen molar-refractivity contribution in [1.82, 2.24) is 19.9 Å². The predicted molar refractivity (Wildman–Crippen MR) is 70.5 cm³/mol. The topological polar surface area (TPSA) is 63.7 Å². The van der Waals surface area contributed by atoms with Crippen LogP contribution in [0.4, 0.5) is 0 Å². The van der Waals surface area contributed by atoms with Gasteiger partial charge in [-0.1, -0.05) is 11.8 Å². The third-order valence-corrected chi connectivity index (χ3v) is 4.30. The Balaban J connectivity index is 1.52. The van der Waals surface area contributed by atoms with E-state index >= 15 is 0 Å². The number of hydrogen-bond donors (Lipinski definition) is 1. The van der Waals surface area contributed by atoms with Crippen LogP contribution in [-0.2, 0) is 4.74 Å². The number of imidazole rings is 1. The number of nitrogens with zero attached hydrogens (tertiary/aromatic N) is 3. The maximum Gasteiger partial charge on any atom is 0.181 e. The zero-order chi connectivity index (χ0) is 12.4. The fraction of sp³-hybridized carbons (Fsp3) is 0.583. The number of aromatic amines is 1. The Kier molecular flexibility index (Phi) is 3.47. The van der Waals surface area contributed by atoms with Gasteiger partial charge in [-0.3, -0.25) is 0 Å². The summed E-state index contributed by atoms with van der Waals surface area (Å²) in [5, 5.41) is 0.936. The van der Waals surface area contributed by atoms with Gasteiger partial charge < -0.3 is 9.72 Å². The van der Waals surface area contributed by atoms with Gasteiger partial charge in [0.25, 0.3) is 0 Å². The van der Waals surface area contributed by atoms with Gasteiger partial charge >= 0.3 is 0 Å². The van der Waals surface area contributed by atoms with Crippen molar-refractivity contribution in [2.75, 3.05) is 12.4 Å². The van der Waals surface area contributed by atoms with Crippen LogP contribution in [0, 0.1) is 5.92 Å². The Morgan fingerprint density at radius 1 is 1.50 bits per heavy atom. The van der Waals surface area contributed by atoms with Gasteiger partial charge in [0.1, 0.15) is 11.8 Å². The first-order valence-electron chi connectivity index (χ1n) is 6.25. The molecule has 2 aromatic rings. The van der Waals surface area contributed by atoms with Crippen LogP contribution >= 0.6 is 11.8 Å². The van der Waals surface area contributed by atoms with E-state index in [9.17, 15) is 0 Å². The number of hydrogen-bond acceptors (Lipinski definition) is 5. The molecule has 0 aliphatic heterocycles. The van der Waals surface area contributed by atoms with Gasteiger partial charge in [-0.25, -0.2) is 15.0 Å². The highest BCUT2D eigenvalue weighted by Crippen LogP contribution is 2.34. The van der Waals surface area contributed by atoms with Crippen LogP contribution in [0.25, 0.3) is 11.2 Å². The molecule has 1 saturated carbocycles. The molecule has 3 rings (SSSR count). The van der Waals surface area contributed by atoms with Gasteiger partial charge in [0, 0.05) is 12.4 Å². The Bertz CT molecular complexity index is 491. The lowest BCUT2D eigenvalue weighted by Crippen LogP contribution is -2.32. The first-order chi connectivity index (χ1) is 8.85. The maximum atomic E-state index is 5.56. The van der Waals surface area contributed by atoms with Crippen LogP contribution in [0.2, 0.25) is 0 Å². The molecule has 6 heteroatoms. The molecule has 1 fully saturated rings. The highest BCUT2D eigenvalue weighted by atomic mass is 32.2. The number of aromatic nitrogens is 4. The fourth-order valence-electron chi connectivity index (χ4n) is 2.19. The molecule has 18 heavy (non-hydrogen) atoms. The molecule has 1 N–H and O–H groups in total. The van der Waals surface area contributed by atoms with Crippen molar-refractivity contribution in [3.05, 3.63) is 12.5 Å². The molecule has 2 aromatic heterocycles. The van der Waals surface area contributed by atoms with Crippen LogP contribution in [0.3, 0.4) is 0 Å². The molecule has 0 saturated heterocycles. The first-order valence-corrected chi connectivity index (χ1v) is 7.24. The lowest BCUT2D eigenvalue weighted by Gasteiger charge is -2.34. The second-order valence-corrected chi connectivity index (χ2v) is 5.54. The molecule has 0 radical (unpaired) electrons. The largest absolute Gasteiger partial charge is 0.378 e. The Morgan fingerprint density at radius 3 is 3.17 bits per heavy atom. The van der Waals surface area contributed by atoms with E-state index < -0.39 is 0 Å². The zero-order valence-corrected chi connectivity index (χ0v) is 11.1. The number of rotatable bonds is 5. The molecular weight excluding hydrogens is 248 g/mol. The summed E-state index contributed by atoms with van der Waals surface area (Å²) in [4.78, 5) is 15.7. The van der Waals surface area contributed by atoms with E-state index in [0.717, 1.165) is 34.6 Å². The summed E-state index contributed by atoms with van der Waals surface area (Å²) in [5.74, 6) is 1.85. The van der Waals surface area contributed by atoms with Gasteiger partial charge in [-0.05, 0) is 25.7 Å². The standard InChI is InChI=1S/C12H16N4OS/c1-2-17-9-3-8(4-9)6-18-12-15-10-5-13-7-14-11(10)16-12/h5,7-9H,2-4,6H2,1H3,(H,13,14,15,16). The molecule has 1 aliphatic rings. The van der Waals surface area contributed by atoms with E-state index in [2.05, 4.69) is 26.9 Å². The minimum Gasteiger partial charge on any atom is -0.378 e. The van der Waals surface area contributed by atoms with Crippen LogP contribution < -0.4 is 0 Å². The fourth-order valence-corrected chi connectivity index (χ4v) is 3.19. The van der Waals surface area contributed by atoms with E-state index in [1.165, 1.54) is 19.2 Å². The summed E-state index contributed by atoms with van der Waals surface area (Å²) in [6.07, 6.45) is 6.13. The SMILES string of the molecule is CCOC1CC(CSc2nc3ncncc3[nH]2)C1. The smallest absolute Gasteiger partial charge is 0.181 e. The van der Waals surface area contributed by atoms with Crippen molar-refractivity contribution in [3.63, 3.8) is 0 Å². The molecule has 0 amide bonds. The highest BCUT2D eigenvalue weighted by molar-refractivity contribution is 7.99. The maximum absolute atomic E-state index is 5.56. The van der Waals surface area contributed by atoms with E-state index in [4.69, 9.17) is 4.74 Å². The number of thioether (sulfide) groups is 1. The van der Waals surface area contributed by atoms with Gasteiger partial charge in [-0.2, -0.15) is 0 Å². The van der Waals surface area contributed by atoms with Crippen LogP contribution in [0.1, 0.15) is 19.8 Å². The molecule has 0 bridgehead atoms. The molecular formula is C12H16N4OS. The predicted octanol–water partition coefficient (Wildman–Crippen LogP) is 2.26. The third kappa shape index (κ3) is 2.49. The van der Waals surface area contributed by atoms with Gasteiger partial charge in [-0.15, -0.1) is 0 Å². The molecule has 0 atom stereocenters. The second-order valence-electron chi connectivity index (χ2n) is 4.53. The molecule has 0 spiro atoms. The van der Waals surface area contributed by atoms with Gasteiger partial charge in [0.2, 0.25) is 0 Å². The minimum absolute atomic E-state index is 0.488. The molecule has 0 aromatic carbocycles. The quantitative estimate of drug-likeness (QED) is 0.839. The second kappa shape index (κ2) is 5.24. The van der Waals surface area contributed by atoms with Crippen molar-refractivity contribution >= 4 is 22.9 Å². The summed E-state index contributed by atoms with van der Waals surface area (Å²) in [7, 11) is 0. The minimum atomic E-state index is 0.488. The number of ether oxygens (including phenoxy) is 1. The van der Waals surface area contributed by atoms with Gasteiger partial charge in [0.15, 0.2) is 10.8 Å². The van der Waals surface area contributed by atoms with Gasteiger partial charge in [0.05, 0.1) is 12.3 Å². The van der Waals surface area contributed by atoms with E-state index in [0.29, 0.717) is 6.10 Å². The normalized spacial score (nSPS) is 23.2. The van der Waals surface area contributed by atoms with Crippen LogP contribution in [-0.4, -0.2) is 38.4 Å². The summed E-state index contributed by atoms with van der Waals surface area (Å²) >= 11 is 1.76. The average molecular weight is 264 g/mol. The van der Waals surface area contributed by atoms with Crippen LogP contribution in [0.5, 0.6) is 0 Å². The Labute approximate surface area is 110 Å². The molecule has 5 nitrogen and oxygen atoms in total. The average Bonchev–Trinajstić information content (AvgIpc) is 2.74. The summed E-state index contributed by atoms with van der Waals surface area (Å²) in [6.45, 7) is 2.88. The first kappa shape index (κ1) is 11.9. The van der Waals surface area contributed by atoms with Crippen molar-refractivity contribution in [2.45, 2.75) is 31.0 Å². The monoisotopic (exact) mass is 264 g/mol. The van der Waals surface area contributed by atoms with Crippen molar-refractivity contribution in [1.29, 1.82) is 0 Å². The molecule has 0 unspecified atom stereocenters. The van der Waals surface area contributed by atoms with E-state index in [-0.39, 0.29) is 0 Å². The van der Waals surface area contributed by atoms with E-state index in [1.807, 2.05) is 0 Å². The lowest BCUT2D eigenvalue weighted by molar-refractivity contribution is -0.0176. The molecule has 96 valence electrons. The lowest BCUT2D eigenvalue weighted by atomic mass is 9.84. The Morgan fingerprint density at radius 2 is 2.39 bits per heavy atom. The summed E-state index contributed by atoms with van der Waals surface area (Å²) in [5.41, 5.74) is 1.65. The number of H-pyrrole nitrogens is 1. The highest BCUT2D eigenvalue weighted by Gasteiger charge is 2.29. The molecule has 2 heterocycles. The zero-order valence-electron chi connectivity index (χ0n) is 10.3. The summed E-state index contributed by atoms with van der Waals surface area (Å²) < 4.78 is 5.56. The third-order valence-electron chi connectivity index (χ3n) is 3.19. The summed E-state index contributed by atoms with van der Waals surface area (Å²) in [6, 6.07) is 0. The van der Waals surface area contributed by atoms with Crippen molar-refractivity contribution < 1.29 is 4.74 Å².